The number of fused-ring (bicyclic) bond motifs is 5. The zero-order chi connectivity index (χ0) is 12.1. The van der Waals surface area contributed by atoms with Crippen molar-refractivity contribution >= 4 is 21.9 Å². The molecule has 19 heavy (non-hydrogen) atoms. The number of benzene rings is 2. The summed E-state index contributed by atoms with van der Waals surface area (Å²) in [6, 6.07) is 17.9. The number of hydrogen-bond donors (Lipinski definition) is 1. The van der Waals surface area contributed by atoms with E-state index in [9.17, 15) is 0 Å². The zero-order valence-corrected chi connectivity index (χ0v) is 12.1. The Labute approximate surface area is 123 Å². The number of anilines is 1. The summed E-state index contributed by atoms with van der Waals surface area (Å²) in [5.74, 6) is 0.515. The zero-order valence-electron chi connectivity index (χ0n) is 10.6. The van der Waals surface area contributed by atoms with Gasteiger partial charge in [-0.1, -0.05) is 36.4 Å². The van der Waals surface area contributed by atoms with Crippen molar-refractivity contribution in [3.05, 3.63) is 59.7 Å². The lowest BCUT2D eigenvalue weighted by Gasteiger charge is -2.20. The van der Waals surface area contributed by atoms with Crippen LogP contribution < -0.4 is 17.7 Å². The normalized spacial score (nSPS) is 22.3. The van der Waals surface area contributed by atoms with Crippen LogP contribution in [0.1, 0.15) is 30.0 Å². The number of nitrogens with one attached hydrogen (secondary N) is 1. The van der Waals surface area contributed by atoms with Gasteiger partial charge in [0.25, 0.3) is 0 Å². The Kier molecular flexibility index (Phi) is 3.08. The van der Waals surface area contributed by atoms with E-state index < -0.39 is 0 Å². The molecule has 0 fully saturated rings. The van der Waals surface area contributed by atoms with Gasteiger partial charge in [0.1, 0.15) is 0 Å². The predicted octanol–water partition coefficient (Wildman–Crippen LogP) is 0.588. The lowest BCUT2D eigenvalue weighted by Crippen LogP contribution is -3.00. The first-order valence-electron chi connectivity index (χ1n) is 6.30. The summed E-state index contributed by atoms with van der Waals surface area (Å²) in [6.45, 7) is 2.27. The average molecular weight is 288 g/mol. The molecule has 4 rings (SSSR count). The fraction of sp³-hybridized carbons (Fsp3) is 0.188. The van der Waals surface area contributed by atoms with Crippen LogP contribution in [0.2, 0.25) is 0 Å². The molecule has 0 bridgehead atoms. The van der Waals surface area contributed by atoms with Crippen molar-refractivity contribution in [2.24, 2.45) is 0 Å². The smallest absolute Gasteiger partial charge is 0.236 e. The molecule has 2 aliphatic rings. The Morgan fingerprint density at radius 2 is 1.63 bits per heavy atom. The molecule has 0 amide bonds. The highest BCUT2D eigenvalue weighted by molar-refractivity contribution is 7.79. The van der Waals surface area contributed by atoms with Crippen LogP contribution in [-0.2, 0) is 11.4 Å². The maximum Gasteiger partial charge on any atom is 0.236 e. The highest BCUT2D eigenvalue weighted by atomic mass is 35.5. The minimum absolute atomic E-state index is 0. The van der Waals surface area contributed by atoms with E-state index in [-0.39, 0.29) is 12.4 Å². The summed E-state index contributed by atoms with van der Waals surface area (Å²) in [4.78, 5) is 2.90. The SMILES string of the molecule is CC1=[S+]c2ccccc2C2Nc3ccccc3C12.[Cl-]. The van der Waals surface area contributed by atoms with Crippen molar-refractivity contribution in [3.8, 4) is 0 Å². The summed E-state index contributed by atoms with van der Waals surface area (Å²) < 4.78 is 0. The van der Waals surface area contributed by atoms with Crippen LogP contribution in [0.15, 0.2) is 53.4 Å². The van der Waals surface area contributed by atoms with E-state index in [1.54, 1.807) is 0 Å². The third-order valence-corrected chi connectivity index (χ3v) is 5.07. The second kappa shape index (κ2) is 4.62. The first-order valence-corrected chi connectivity index (χ1v) is 7.12. The summed E-state index contributed by atoms with van der Waals surface area (Å²) >= 11 is 1.93. The lowest BCUT2D eigenvalue weighted by atomic mass is 9.88. The highest BCUT2D eigenvalue weighted by Gasteiger charge is 2.43. The summed E-state index contributed by atoms with van der Waals surface area (Å²) in [5.41, 5.74) is 4.18. The van der Waals surface area contributed by atoms with E-state index >= 15 is 0 Å². The third kappa shape index (κ3) is 1.78. The van der Waals surface area contributed by atoms with Gasteiger partial charge in [0.15, 0.2) is 4.86 Å². The third-order valence-electron chi connectivity index (χ3n) is 3.90. The van der Waals surface area contributed by atoms with Gasteiger partial charge in [-0.2, -0.15) is 0 Å². The van der Waals surface area contributed by atoms with Gasteiger partial charge in [0, 0.05) is 24.2 Å². The number of para-hydroxylation sites is 1. The van der Waals surface area contributed by atoms with Crippen LogP contribution in [0.3, 0.4) is 0 Å². The molecule has 1 nitrogen and oxygen atoms in total. The van der Waals surface area contributed by atoms with Crippen LogP contribution in [0.25, 0.3) is 0 Å². The van der Waals surface area contributed by atoms with Crippen molar-refractivity contribution in [1.29, 1.82) is 0 Å². The first-order chi connectivity index (χ1) is 8.84. The Morgan fingerprint density at radius 1 is 0.947 bits per heavy atom. The molecule has 2 heterocycles. The standard InChI is InChI=1S/C16H14NS.ClH/c1-10-15-11-6-2-4-8-13(11)17-16(15)12-7-3-5-9-14(12)18-10;/h2-9,15-17H,1H3;1H/q+1;/p-1. The van der Waals surface area contributed by atoms with Crippen molar-refractivity contribution in [1.82, 2.24) is 0 Å². The van der Waals surface area contributed by atoms with E-state index in [1.165, 1.54) is 26.6 Å². The lowest BCUT2D eigenvalue weighted by molar-refractivity contribution is -0.00000344. The van der Waals surface area contributed by atoms with Gasteiger partial charge in [-0.05, 0) is 11.6 Å². The predicted molar refractivity (Wildman–Crippen MR) is 78.3 cm³/mol. The molecule has 0 aromatic heterocycles. The molecule has 2 aromatic carbocycles. The maximum absolute atomic E-state index is 3.69. The molecule has 0 saturated heterocycles. The van der Waals surface area contributed by atoms with Crippen LogP contribution in [0.5, 0.6) is 0 Å². The fourth-order valence-corrected chi connectivity index (χ4v) is 4.30. The molecule has 0 radical (unpaired) electrons. The monoisotopic (exact) mass is 287 g/mol. The quantitative estimate of drug-likeness (QED) is 0.552. The van der Waals surface area contributed by atoms with E-state index in [0.717, 1.165) is 0 Å². The van der Waals surface area contributed by atoms with Crippen molar-refractivity contribution in [2.75, 3.05) is 5.32 Å². The van der Waals surface area contributed by atoms with E-state index in [0.29, 0.717) is 12.0 Å². The molecule has 3 heteroatoms. The molecular weight excluding hydrogens is 274 g/mol. The molecule has 0 spiro atoms. The molecular formula is C16H14ClNS. The van der Waals surface area contributed by atoms with Crippen molar-refractivity contribution in [2.45, 2.75) is 23.8 Å². The minimum atomic E-state index is 0. The van der Waals surface area contributed by atoms with E-state index in [4.69, 9.17) is 0 Å². The van der Waals surface area contributed by atoms with Gasteiger partial charge >= 0.3 is 0 Å². The van der Waals surface area contributed by atoms with Gasteiger partial charge < -0.3 is 17.7 Å². The summed E-state index contributed by atoms with van der Waals surface area (Å²) in [7, 11) is 0. The number of hydrogen-bond acceptors (Lipinski definition) is 1. The minimum Gasteiger partial charge on any atom is -1.00 e. The molecule has 0 aliphatic carbocycles. The van der Waals surface area contributed by atoms with Gasteiger partial charge in [-0.25, -0.2) is 0 Å². The largest absolute Gasteiger partial charge is 1.00 e. The number of rotatable bonds is 0. The van der Waals surface area contributed by atoms with Crippen LogP contribution in [0.4, 0.5) is 5.69 Å². The van der Waals surface area contributed by atoms with Crippen LogP contribution in [0, 0.1) is 0 Å². The van der Waals surface area contributed by atoms with Crippen molar-refractivity contribution < 1.29 is 12.4 Å². The second-order valence-corrected chi connectivity index (χ2v) is 6.23. The molecule has 2 aliphatic heterocycles. The Balaban J connectivity index is 0.00000110. The maximum atomic E-state index is 3.69. The fourth-order valence-electron chi connectivity index (χ4n) is 3.11. The molecule has 1 N–H and O–H groups in total. The molecule has 2 aromatic rings. The highest BCUT2D eigenvalue weighted by Crippen LogP contribution is 2.47. The van der Waals surface area contributed by atoms with Crippen LogP contribution in [-0.4, -0.2) is 4.86 Å². The van der Waals surface area contributed by atoms with Crippen molar-refractivity contribution in [3.63, 3.8) is 0 Å². The van der Waals surface area contributed by atoms with Gasteiger partial charge in [-0.15, -0.1) is 0 Å². The summed E-state index contributed by atoms with van der Waals surface area (Å²) in [5, 5.41) is 3.69. The Hall–Kier alpha value is -1.38. The first kappa shape index (κ1) is 12.6. The Bertz CT molecular complexity index is 665. The molecule has 2 unspecified atom stereocenters. The summed E-state index contributed by atoms with van der Waals surface area (Å²) in [6.07, 6.45) is 0. The number of halogens is 1. The average Bonchev–Trinajstić information content (AvgIpc) is 2.79. The second-order valence-electron chi connectivity index (χ2n) is 4.94. The van der Waals surface area contributed by atoms with Gasteiger partial charge in [0.2, 0.25) is 16.2 Å². The molecule has 2 atom stereocenters. The Morgan fingerprint density at radius 3 is 2.47 bits per heavy atom. The van der Waals surface area contributed by atoms with Gasteiger partial charge in [0.05, 0.1) is 12.0 Å². The van der Waals surface area contributed by atoms with E-state index in [2.05, 4.69) is 60.8 Å². The van der Waals surface area contributed by atoms with E-state index in [1.807, 2.05) is 11.4 Å². The topological polar surface area (TPSA) is 12.0 Å². The molecule has 0 saturated carbocycles. The van der Waals surface area contributed by atoms with Gasteiger partial charge in [-0.3, -0.25) is 0 Å². The van der Waals surface area contributed by atoms with Crippen LogP contribution >= 0.6 is 0 Å². The molecule has 96 valence electrons.